The first kappa shape index (κ1) is 24.5. The molecule has 3 N–H and O–H groups in total. The summed E-state index contributed by atoms with van der Waals surface area (Å²) < 4.78 is 0. The van der Waals surface area contributed by atoms with Crippen molar-refractivity contribution in [2.45, 2.75) is 62.6 Å². The number of fused-ring (bicyclic) bond motifs is 2. The third kappa shape index (κ3) is 4.75. The van der Waals surface area contributed by atoms with Gasteiger partial charge in [-0.3, -0.25) is 25.3 Å². The Balaban J connectivity index is 1.04. The van der Waals surface area contributed by atoms with Crippen molar-refractivity contribution in [1.29, 1.82) is 0 Å². The first-order valence-corrected chi connectivity index (χ1v) is 13.0. The molecule has 8 nitrogen and oxygen atoms in total. The predicted molar refractivity (Wildman–Crippen MR) is 137 cm³/mol. The summed E-state index contributed by atoms with van der Waals surface area (Å²) >= 11 is 0. The largest absolute Gasteiger partial charge is 0.344 e. The van der Waals surface area contributed by atoms with Gasteiger partial charge in [-0.05, 0) is 48.8 Å². The van der Waals surface area contributed by atoms with Gasteiger partial charge >= 0.3 is 6.03 Å². The van der Waals surface area contributed by atoms with Gasteiger partial charge in [0.25, 0.3) is 5.91 Å². The zero-order chi connectivity index (χ0) is 25.1. The number of carbonyl (C=O) groups excluding carboxylic acids is 3. The second-order valence-corrected chi connectivity index (χ2v) is 10.2. The molecule has 2 aliphatic heterocycles. The molecule has 5 rings (SSSR count). The van der Waals surface area contributed by atoms with Crippen molar-refractivity contribution in [3.05, 3.63) is 71.3 Å². The maximum Gasteiger partial charge on any atom is 0.325 e. The molecular weight excluding hydrogens is 454 g/mol. The highest BCUT2D eigenvalue weighted by atomic mass is 16.2. The molecule has 1 spiro atoms. The highest BCUT2D eigenvalue weighted by molar-refractivity contribution is 6.09. The minimum atomic E-state index is -1.02. The Kier molecular flexibility index (Phi) is 7.07. The standard InChI is InChI=1S/C28H35N5O3/c1-32(17-9-3-6-13-22-18-24(31-30-22)21-11-4-2-5-12-21)25(34)19-33-26(35)28(29-27(33)36)16-15-20-10-7-8-14-23(20)28/h2,4-5,7-8,10-12,14,22,24,30-31H,3,6,9,13,15-19H2,1H3,(H,29,36). The van der Waals surface area contributed by atoms with Crippen molar-refractivity contribution in [2.75, 3.05) is 20.1 Å². The van der Waals surface area contributed by atoms with Crippen LogP contribution in [0.1, 0.15) is 61.3 Å². The van der Waals surface area contributed by atoms with Gasteiger partial charge in [0.05, 0.1) is 0 Å². The molecule has 2 aromatic rings. The third-order valence-corrected chi connectivity index (χ3v) is 7.87. The first-order chi connectivity index (χ1) is 17.5. The SMILES string of the molecule is CN(CCCCCC1CC(c2ccccc2)NN1)C(=O)CN1C(=O)NC2(CCc3ccccc32)C1=O. The lowest BCUT2D eigenvalue weighted by Crippen LogP contribution is -2.44. The molecule has 2 aromatic carbocycles. The second-order valence-electron chi connectivity index (χ2n) is 10.2. The van der Waals surface area contributed by atoms with Crippen molar-refractivity contribution in [1.82, 2.24) is 26.0 Å². The molecule has 1 aliphatic carbocycles. The van der Waals surface area contributed by atoms with Crippen LogP contribution in [0.2, 0.25) is 0 Å². The molecule has 0 radical (unpaired) electrons. The van der Waals surface area contributed by atoms with Gasteiger partial charge in [-0.1, -0.05) is 67.4 Å². The summed E-state index contributed by atoms with van der Waals surface area (Å²) in [4.78, 5) is 41.5. The molecule has 8 heteroatoms. The fourth-order valence-corrected chi connectivity index (χ4v) is 5.75. The topological polar surface area (TPSA) is 93.8 Å². The van der Waals surface area contributed by atoms with Crippen LogP contribution in [0.5, 0.6) is 0 Å². The summed E-state index contributed by atoms with van der Waals surface area (Å²) in [6.45, 7) is 0.392. The monoisotopic (exact) mass is 489 g/mol. The molecule has 3 aliphatic rings. The van der Waals surface area contributed by atoms with Crippen LogP contribution in [0.15, 0.2) is 54.6 Å². The minimum Gasteiger partial charge on any atom is -0.344 e. The molecule has 0 saturated carbocycles. The molecule has 0 bridgehead atoms. The van der Waals surface area contributed by atoms with E-state index < -0.39 is 11.6 Å². The Bertz CT molecular complexity index is 1120. The number of unbranched alkanes of at least 4 members (excludes halogenated alkanes) is 2. The minimum absolute atomic E-state index is 0.214. The molecule has 36 heavy (non-hydrogen) atoms. The number of urea groups is 1. The summed E-state index contributed by atoms with van der Waals surface area (Å²) in [5.74, 6) is -0.528. The lowest BCUT2D eigenvalue weighted by molar-refractivity contribution is -0.138. The Labute approximate surface area is 212 Å². The number of imide groups is 1. The maximum absolute atomic E-state index is 13.3. The van der Waals surface area contributed by atoms with Crippen molar-refractivity contribution >= 4 is 17.8 Å². The van der Waals surface area contributed by atoms with Crippen molar-refractivity contribution in [3.8, 4) is 0 Å². The van der Waals surface area contributed by atoms with E-state index in [0.29, 0.717) is 25.0 Å². The van der Waals surface area contributed by atoms with Crippen LogP contribution >= 0.6 is 0 Å². The predicted octanol–water partition coefficient (Wildman–Crippen LogP) is 3.01. The zero-order valence-corrected chi connectivity index (χ0v) is 20.8. The van der Waals surface area contributed by atoms with Crippen molar-refractivity contribution < 1.29 is 14.4 Å². The normalized spacial score (nSPS) is 24.9. The van der Waals surface area contributed by atoms with Gasteiger partial charge in [0, 0.05) is 25.7 Å². The molecule has 2 fully saturated rings. The molecule has 190 valence electrons. The summed E-state index contributed by atoms with van der Waals surface area (Å²) in [6.07, 6.45) is 6.42. The molecule has 0 aromatic heterocycles. The molecule has 2 saturated heterocycles. The van der Waals surface area contributed by atoms with Crippen molar-refractivity contribution in [3.63, 3.8) is 0 Å². The van der Waals surface area contributed by atoms with Crippen LogP contribution < -0.4 is 16.2 Å². The second kappa shape index (κ2) is 10.4. The molecular formula is C28H35N5O3. The quantitative estimate of drug-likeness (QED) is 0.372. The Morgan fingerprint density at radius 3 is 2.64 bits per heavy atom. The number of nitrogens with zero attached hydrogens (tertiary/aromatic N) is 2. The van der Waals surface area contributed by atoms with Crippen LogP contribution in [-0.4, -0.2) is 53.8 Å². The number of rotatable bonds is 9. The van der Waals surface area contributed by atoms with E-state index in [1.165, 1.54) is 5.56 Å². The smallest absolute Gasteiger partial charge is 0.325 e. The number of amides is 4. The summed E-state index contributed by atoms with van der Waals surface area (Å²) in [6, 6.07) is 18.5. The van der Waals surface area contributed by atoms with Gasteiger partial charge in [-0.15, -0.1) is 0 Å². The number of hydrogen-bond acceptors (Lipinski definition) is 5. The van der Waals surface area contributed by atoms with E-state index in [9.17, 15) is 14.4 Å². The van der Waals surface area contributed by atoms with Crippen LogP contribution in [0.3, 0.4) is 0 Å². The van der Waals surface area contributed by atoms with Gasteiger partial charge < -0.3 is 10.2 Å². The number of likely N-dealkylation sites (N-methyl/N-ethyl adjacent to an activating group) is 1. The number of hydrogen-bond donors (Lipinski definition) is 3. The van der Waals surface area contributed by atoms with Crippen molar-refractivity contribution in [2.24, 2.45) is 0 Å². The maximum atomic E-state index is 13.3. The van der Waals surface area contributed by atoms with Crippen LogP contribution in [0.25, 0.3) is 0 Å². The Morgan fingerprint density at radius 1 is 1.03 bits per heavy atom. The van der Waals surface area contributed by atoms with Gasteiger partial charge in [0.1, 0.15) is 12.1 Å². The summed E-state index contributed by atoms with van der Waals surface area (Å²) in [5.41, 5.74) is 9.03. The average molecular weight is 490 g/mol. The lowest BCUT2D eigenvalue weighted by atomic mass is 9.92. The lowest BCUT2D eigenvalue weighted by Gasteiger charge is -2.23. The van der Waals surface area contributed by atoms with Gasteiger partial charge in [0.2, 0.25) is 5.91 Å². The number of nitrogens with one attached hydrogen (secondary N) is 3. The number of benzene rings is 2. The average Bonchev–Trinajstić information content (AvgIpc) is 3.58. The van der Waals surface area contributed by atoms with Gasteiger partial charge in [0.15, 0.2) is 0 Å². The number of aryl methyl sites for hydroxylation is 1. The number of carbonyl (C=O) groups is 3. The molecule has 4 amide bonds. The van der Waals surface area contributed by atoms with E-state index in [1.807, 2.05) is 30.3 Å². The van der Waals surface area contributed by atoms with E-state index >= 15 is 0 Å². The van der Waals surface area contributed by atoms with E-state index in [1.54, 1.807) is 11.9 Å². The highest BCUT2D eigenvalue weighted by Crippen LogP contribution is 2.41. The van der Waals surface area contributed by atoms with Crippen LogP contribution in [0.4, 0.5) is 4.79 Å². The van der Waals surface area contributed by atoms with E-state index in [2.05, 4.69) is 40.4 Å². The van der Waals surface area contributed by atoms with Gasteiger partial charge in [-0.2, -0.15) is 0 Å². The fraction of sp³-hybridized carbons (Fsp3) is 0.464. The van der Waals surface area contributed by atoms with E-state index in [0.717, 1.165) is 54.6 Å². The van der Waals surface area contributed by atoms with E-state index in [4.69, 9.17) is 0 Å². The van der Waals surface area contributed by atoms with Crippen LogP contribution in [-0.2, 0) is 21.5 Å². The first-order valence-electron chi connectivity index (χ1n) is 13.0. The summed E-state index contributed by atoms with van der Waals surface area (Å²) in [5, 5.41) is 2.89. The molecule has 2 heterocycles. The zero-order valence-electron chi connectivity index (χ0n) is 20.8. The molecule has 3 atom stereocenters. The number of hydrazine groups is 1. The fourth-order valence-electron chi connectivity index (χ4n) is 5.75. The highest BCUT2D eigenvalue weighted by Gasteiger charge is 2.55. The van der Waals surface area contributed by atoms with E-state index in [-0.39, 0.29) is 18.4 Å². The summed E-state index contributed by atoms with van der Waals surface area (Å²) in [7, 11) is 1.74. The van der Waals surface area contributed by atoms with Gasteiger partial charge in [-0.25, -0.2) is 4.79 Å². The third-order valence-electron chi connectivity index (χ3n) is 7.87. The molecule has 3 unspecified atom stereocenters. The Morgan fingerprint density at radius 2 is 1.81 bits per heavy atom. The Hall–Kier alpha value is -3.23. The van der Waals surface area contributed by atoms with Crippen LogP contribution in [0, 0.1) is 0 Å².